The maximum Gasteiger partial charge on any atom is 0.129 e. The molecule has 0 fully saturated rings. The number of nitrogens with zero attached hydrogens (tertiary/aromatic N) is 2. The van der Waals surface area contributed by atoms with E-state index in [1.807, 2.05) is 41.0 Å². The van der Waals surface area contributed by atoms with E-state index in [-0.39, 0.29) is 0 Å². The Hall–Kier alpha value is -0.550. The average molecular weight is 435 g/mol. The molecule has 0 saturated carbocycles. The number of alkyl halides is 1. The number of rotatable bonds is 2. The van der Waals surface area contributed by atoms with Crippen molar-refractivity contribution >= 4 is 66.1 Å². The highest BCUT2D eigenvalue weighted by Gasteiger charge is 2.12. The van der Waals surface area contributed by atoms with Gasteiger partial charge in [-0.25, -0.2) is 4.98 Å². The van der Waals surface area contributed by atoms with Crippen LogP contribution in [0.3, 0.4) is 0 Å². The van der Waals surface area contributed by atoms with Gasteiger partial charge < -0.3 is 0 Å². The Balaban J connectivity index is 2.30. The Labute approximate surface area is 143 Å². The summed E-state index contributed by atoms with van der Waals surface area (Å²) in [6.45, 7) is 0. The minimum atomic E-state index is 0.333. The number of fused-ring (bicyclic) bond motifs is 1. The molecule has 1 heterocycles. The molecule has 1 aromatic heterocycles. The molecule has 0 radical (unpaired) electrons. The van der Waals surface area contributed by atoms with Crippen molar-refractivity contribution in [1.29, 1.82) is 0 Å². The van der Waals surface area contributed by atoms with E-state index in [0.717, 1.165) is 31.5 Å². The van der Waals surface area contributed by atoms with E-state index in [2.05, 4.69) is 36.8 Å². The first-order chi connectivity index (χ1) is 9.60. The largest absolute Gasteiger partial charge is 0.295 e. The Morgan fingerprint density at radius 3 is 2.60 bits per heavy atom. The van der Waals surface area contributed by atoms with Gasteiger partial charge in [0.2, 0.25) is 0 Å². The van der Waals surface area contributed by atoms with E-state index in [1.165, 1.54) is 0 Å². The van der Waals surface area contributed by atoms with Crippen LogP contribution < -0.4 is 0 Å². The maximum absolute atomic E-state index is 6.18. The van der Waals surface area contributed by atoms with Crippen LogP contribution in [0.5, 0.6) is 0 Å². The van der Waals surface area contributed by atoms with Gasteiger partial charge in [-0.3, -0.25) is 4.57 Å². The Morgan fingerprint density at radius 1 is 1.10 bits per heavy atom. The third kappa shape index (κ3) is 2.50. The van der Waals surface area contributed by atoms with Crippen molar-refractivity contribution < 1.29 is 0 Å². The van der Waals surface area contributed by atoms with E-state index in [0.29, 0.717) is 10.9 Å². The van der Waals surface area contributed by atoms with Crippen molar-refractivity contribution in [3.63, 3.8) is 0 Å². The quantitative estimate of drug-likeness (QED) is 0.456. The van der Waals surface area contributed by atoms with Crippen LogP contribution in [0.25, 0.3) is 16.7 Å². The number of benzene rings is 2. The summed E-state index contributed by atoms with van der Waals surface area (Å²) in [6.07, 6.45) is 0. The van der Waals surface area contributed by atoms with Crippen molar-refractivity contribution in [3.05, 3.63) is 56.2 Å². The molecule has 0 unspecified atom stereocenters. The molecule has 2 aromatic carbocycles. The molecule has 0 N–H and O–H groups in total. The van der Waals surface area contributed by atoms with E-state index in [4.69, 9.17) is 23.2 Å². The van der Waals surface area contributed by atoms with Crippen LogP contribution in [0.15, 0.2) is 45.3 Å². The molecule has 0 atom stereocenters. The lowest BCUT2D eigenvalue weighted by Gasteiger charge is -2.09. The zero-order valence-corrected chi connectivity index (χ0v) is 14.8. The van der Waals surface area contributed by atoms with E-state index < -0.39 is 0 Å². The third-order valence-electron chi connectivity index (χ3n) is 2.97. The van der Waals surface area contributed by atoms with Crippen molar-refractivity contribution in [2.24, 2.45) is 0 Å². The lowest BCUT2D eigenvalue weighted by molar-refractivity contribution is 0.981. The molecule has 0 bridgehead atoms. The maximum atomic E-state index is 6.18. The number of hydrogen-bond acceptors (Lipinski definition) is 1. The van der Waals surface area contributed by atoms with Crippen LogP contribution >= 0.6 is 55.1 Å². The molecular weight excluding hydrogens is 427 g/mol. The van der Waals surface area contributed by atoms with Gasteiger partial charge >= 0.3 is 0 Å². The zero-order chi connectivity index (χ0) is 14.3. The van der Waals surface area contributed by atoms with Gasteiger partial charge in [0.1, 0.15) is 5.82 Å². The zero-order valence-electron chi connectivity index (χ0n) is 10.1. The van der Waals surface area contributed by atoms with Crippen LogP contribution in [0.4, 0.5) is 0 Å². The lowest BCUT2D eigenvalue weighted by atomic mass is 10.3. The minimum Gasteiger partial charge on any atom is -0.295 e. The first-order valence-corrected chi connectivity index (χ1v) is 8.28. The molecule has 3 rings (SSSR count). The van der Waals surface area contributed by atoms with Crippen molar-refractivity contribution in [2.45, 2.75) is 5.88 Å². The number of aromatic nitrogens is 2. The summed E-state index contributed by atoms with van der Waals surface area (Å²) in [5.41, 5.74) is 2.84. The Morgan fingerprint density at radius 2 is 1.90 bits per heavy atom. The monoisotopic (exact) mass is 432 g/mol. The highest BCUT2D eigenvalue weighted by atomic mass is 79.9. The topological polar surface area (TPSA) is 17.8 Å². The molecule has 0 aliphatic carbocycles. The van der Waals surface area contributed by atoms with E-state index in [1.54, 1.807) is 0 Å². The average Bonchev–Trinajstić information content (AvgIpc) is 2.79. The smallest absolute Gasteiger partial charge is 0.129 e. The van der Waals surface area contributed by atoms with Gasteiger partial charge in [0, 0.05) is 14.6 Å². The molecule has 2 nitrogen and oxygen atoms in total. The highest BCUT2D eigenvalue weighted by Crippen LogP contribution is 2.29. The fourth-order valence-electron chi connectivity index (χ4n) is 2.11. The van der Waals surface area contributed by atoms with Crippen LogP contribution in [-0.4, -0.2) is 9.55 Å². The molecule has 20 heavy (non-hydrogen) atoms. The molecule has 6 heteroatoms. The summed E-state index contributed by atoms with van der Waals surface area (Å²) in [5, 5.41) is 0.655. The van der Waals surface area contributed by atoms with Gasteiger partial charge in [-0.1, -0.05) is 27.5 Å². The summed E-state index contributed by atoms with van der Waals surface area (Å²) in [4.78, 5) is 4.57. The highest BCUT2D eigenvalue weighted by molar-refractivity contribution is 9.10. The number of hydrogen-bond donors (Lipinski definition) is 0. The molecule has 0 spiro atoms. The Kier molecular flexibility index (Phi) is 4.09. The van der Waals surface area contributed by atoms with Gasteiger partial charge in [0.25, 0.3) is 0 Å². The van der Waals surface area contributed by atoms with Gasteiger partial charge in [-0.2, -0.15) is 0 Å². The Bertz CT molecular complexity index is 799. The predicted molar refractivity (Wildman–Crippen MR) is 91.0 cm³/mol. The summed E-state index contributed by atoms with van der Waals surface area (Å²) in [5.74, 6) is 1.12. The van der Waals surface area contributed by atoms with Crippen molar-refractivity contribution in [1.82, 2.24) is 9.55 Å². The molecule has 0 amide bonds. The second-order valence-corrected chi connectivity index (χ2v) is 6.67. The molecule has 0 aliphatic heterocycles. The number of halogens is 4. The van der Waals surface area contributed by atoms with Gasteiger partial charge in [0.05, 0.1) is 21.9 Å². The van der Waals surface area contributed by atoms with Crippen LogP contribution in [0, 0.1) is 0 Å². The van der Waals surface area contributed by atoms with Gasteiger partial charge in [-0.05, 0) is 52.3 Å². The molecular formula is C14H8Br2Cl2N2. The van der Waals surface area contributed by atoms with Crippen LogP contribution in [0.2, 0.25) is 5.02 Å². The molecule has 0 saturated heterocycles. The lowest BCUT2D eigenvalue weighted by Crippen LogP contribution is -1.99. The predicted octanol–water partition coefficient (Wildman–Crippen LogP) is 5.94. The van der Waals surface area contributed by atoms with E-state index >= 15 is 0 Å². The second kappa shape index (κ2) is 5.68. The van der Waals surface area contributed by atoms with Crippen molar-refractivity contribution in [3.8, 4) is 5.69 Å². The summed E-state index contributed by atoms with van der Waals surface area (Å²) >= 11 is 19.1. The second-order valence-electron chi connectivity index (χ2n) is 4.23. The van der Waals surface area contributed by atoms with Crippen molar-refractivity contribution in [2.75, 3.05) is 0 Å². The van der Waals surface area contributed by atoms with Gasteiger partial charge in [-0.15, -0.1) is 11.6 Å². The SMILES string of the molecule is ClCc1nc2cc(Br)ccc2n1-c1ccc(Br)c(Cl)c1. The third-order valence-corrected chi connectivity index (χ3v) is 4.93. The first kappa shape index (κ1) is 14.4. The van der Waals surface area contributed by atoms with Crippen LogP contribution in [-0.2, 0) is 5.88 Å². The van der Waals surface area contributed by atoms with Crippen LogP contribution in [0.1, 0.15) is 5.82 Å². The fourth-order valence-corrected chi connectivity index (χ4v) is 3.05. The number of imidazole rings is 1. The molecule has 102 valence electrons. The minimum absolute atomic E-state index is 0.333. The van der Waals surface area contributed by atoms with E-state index in [9.17, 15) is 0 Å². The standard InChI is InChI=1S/C14H8Br2Cl2N2/c15-8-1-4-13-12(5-8)19-14(7-17)20(13)9-2-3-10(16)11(18)6-9/h1-6H,7H2. The van der Waals surface area contributed by atoms with Gasteiger partial charge in [0.15, 0.2) is 0 Å². The molecule has 0 aliphatic rings. The summed E-state index contributed by atoms with van der Waals surface area (Å²) < 4.78 is 3.87. The summed E-state index contributed by atoms with van der Waals surface area (Å²) in [7, 11) is 0. The normalized spacial score (nSPS) is 11.2. The first-order valence-electron chi connectivity index (χ1n) is 5.78. The summed E-state index contributed by atoms with van der Waals surface area (Å²) in [6, 6.07) is 11.8. The fraction of sp³-hybridized carbons (Fsp3) is 0.0714. The molecule has 3 aromatic rings.